The second-order valence-corrected chi connectivity index (χ2v) is 5.72. The average molecular weight is 332 g/mol. The molecule has 0 aliphatic heterocycles. The maximum atomic E-state index is 5.94. The van der Waals surface area contributed by atoms with Gasteiger partial charge in [-0.15, -0.1) is 11.6 Å². The maximum absolute atomic E-state index is 5.94. The summed E-state index contributed by atoms with van der Waals surface area (Å²) < 4.78 is 0.959. The van der Waals surface area contributed by atoms with Crippen LogP contribution in [0, 0.1) is 0 Å². The van der Waals surface area contributed by atoms with Crippen LogP contribution in [-0.2, 0) is 12.4 Å². The van der Waals surface area contributed by atoms with E-state index in [-0.39, 0.29) is 0 Å². The molecular weight excluding hydrogens is 320 g/mol. The Balaban J connectivity index is 2.21. The second kappa shape index (κ2) is 5.85. The number of anilines is 1. The molecule has 0 N–H and O–H groups in total. The summed E-state index contributed by atoms with van der Waals surface area (Å²) in [6, 6.07) is 4.14. The summed E-state index contributed by atoms with van der Waals surface area (Å²) in [7, 11) is 2.03. The van der Waals surface area contributed by atoms with Crippen molar-refractivity contribution in [2.75, 3.05) is 11.9 Å². The lowest BCUT2D eigenvalue weighted by Crippen LogP contribution is -2.18. The Bertz CT molecular complexity index is 487. The molecule has 0 aliphatic carbocycles. The second-order valence-electron chi connectivity index (χ2n) is 3.76. The Morgan fingerprint density at radius 2 is 2.35 bits per heavy atom. The van der Waals surface area contributed by atoms with Crippen LogP contribution in [0.15, 0.2) is 33.6 Å². The van der Waals surface area contributed by atoms with E-state index < -0.39 is 0 Å². The highest BCUT2D eigenvalue weighted by molar-refractivity contribution is 9.10. The summed E-state index contributed by atoms with van der Waals surface area (Å²) in [4.78, 5) is 6.54. The molecule has 5 heteroatoms. The molecule has 0 spiro atoms. The van der Waals surface area contributed by atoms with Gasteiger partial charge in [-0.05, 0) is 44.4 Å². The summed E-state index contributed by atoms with van der Waals surface area (Å²) in [5.41, 5.74) is 2.33. The zero-order valence-electron chi connectivity index (χ0n) is 9.36. The number of hydrogen-bond acceptors (Lipinski definition) is 3. The summed E-state index contributed by atoms with van der Waals surface area (Å²) in [6.45, 7) is 0.849. The molecule has 0 saturated heterocycles. The molecule has 90 valence electrons. The highest BCUT2D eigenvalue weighted by atomic mass is 79.9. The summed E-state index contributed by atoms with van der Waals surface area (Å²) >= 11 is 11.1. The van der Waals surface area contributed by atoms with Crippen molar-refractivity contribution in [3.63, 3.8) is 0 Å². The van der Waals surface area contributed by atoms with Crippen molar-refractivity contribution in [2.24, 2.45) is 0 Å². The third kappa shape index (κ3) is 3.21. The topological polar surface area (TPSA) is 16.1 Å². The van der Waals surface area contributed by atoms with Crippen molar-refractivity contribution < 1.29 is 0 Å². The van der Waals surface area contributed by atoms with Crippen molar-refractivity contribution in [1.82, 2.24) is 4.98 Å². The van der Waals surface area contributed by atoms with Gasteiger partial charge in [0.2, 0.25) is 0 Å². The third-order valence-electron chi connectivity index (χ3n) is 2.41. The van der Waals surface area contributed by atoms with E-state index in [9.17, 15) is 0 Å². The molecule has 0 bridgehead atoms. The minimum absolute atomic E-state index is 0.468. The fourth-order valence-corrected chi connectivity index (χ4v) is 2.88. The Kier molecular flexibility index (Phi) is 4.42. The first kappa shape index (κ1) is 12.9. The van der Waals surface area contributed by atoms with Crippen LogP contribution in [0.25, 0.3) is 0 Å². The largest absolute Gasteiger partial charge is 0.355 e. The number of pyridine rings is 1. The van der Waals surface area contributed by atoms with Crippen LogP contribution in [0.2, 0.25) is 0 Å². The molecule has 2 aromatic rings. The van der Waals surface area contributed by atoms with Gasteiger partial charge in [0, 0.05) is 29.8 Å². The van der Waals surface area contributed by atoms with Crippen molar-refractivity contribution in [2.45, 2.75) is 12.4 Å². The molecule has 0 aliphatic rings. The molecule has 0 aromatic carbocycles. The number of thiophene rings is 1. The SMILES string of the molecule is CN(Cc1ccsc1)c1ncc(Br)cc1CCl. The molecule has 0 saturated carbocycles. The summed E-state index contributed by atoms with van der Waals surface area (Å²) in [5, 5.41) is 4.23. The first-order chi connectivity index (χ1) is 8.20. The van der Waals surface area contributed by atoms with Gasteiger partial charge in [0.15, 0.2) is 0 Å². The Morgan fingerprint density at radius 1 is 1.53 bits per heavy atom. The standard InChI is InChI=1S/C12H12BrClN2S/c1-16(7-9-2-3-17-8-9)12-10(5-14)4-11(13)6-15-12/h2-4,6,8H,5,7H2,1H3. The van der Waals surface area contributed by atoms with Gasteiger partial charge in [-0.25, -0.2) is 4.98 Å². The minimum Gasteiger partial charge on any atom is -0.355 e. The third-order valence-corrected chi connectivity index (χ3v) is 3.87. The molecule has 0 fully saturated rings. The first-order valence-electron chi connectivity index (χ1n) is 5.13. The smallest absolute Gasteiger partial charge is 0.133 e. The van der Waals surface area contributed by atoms with Crippen molar-refractivity contribution >= 4 is 44.7 Å². The van der Waals surface area contributed by atoms with Gasteiger partial charge in [-0.2, -0.15) is 11.3 Å². The Hall–Kier alpha value is -0.580. The average Bonchev–Trinajstić information content (AvgIpc) is 2.81. The molecule has 17 heavy (non-hydrogen) atoms. The summed E-state index contributed by atoms with van der Waals surface area (Å²) in [6.07, 6.45) is 1.80. The van der Waals surface area contributed by atoms with Crippen LogP contribution in [0.3, 0.4) is 0 Å². The number of hydrogen-bond donors (Lipinski definition) is 0. The van der Waals surface area contributed by atoms with Crippen LogP contribution < -0.4 is 4.90 Å². The summed E-state index contributed by atoms with van der Waals surface area (Å²) in [5.74, 6) is 1.41. The van der Waals surface area contributed by atoms with E-state index in [1.54, 1.807) is 17.5 Å². The van der Waals surface area contributed by atoms with E-state index >= 15 is 0 Å². The Morgan fingerprint density at radius 3 is 3.00 bits per heavy atom. The Labute approximate surface area is 118 Å². The fourth-order valence-electron chi connectivity index (χ4n) is 1.65. The van der Waals surface area contributed by atoms with Gasteiger partial charge < -0.3 is 4.90 Å². The molecule has 2 rings (SSSR count). The van der Waals surface area contributed by atoms with Gasteiger partial charge in [0.1, 0.15) is 5.82 Å². The van der Waals surface area contributed by atoms with Crippen molar-refractivity contribution in [3.8, 4) is 0 Å². The van der Waals surface area contributed by atoms with Gasteiger partial charge in [0.05, 0.1) is 5.88 Å². The lowest BCUT2D eigenvalue weighted by Gasteiger charge is -2.20. The number of alkyl halides is 1. The molecule has 0 unspecified atom stereocenters. The molecule has 0 amide bonds. The van der Waals surface area contributed by atoms with Crippen LogP contribution >= 0.6 is 38.9 Å². The number of halogens is 2. The number of aromatic nitrogens is 1. The highest BCUT2D eigenvalue weighted by Gasteiger charge is 2.09. The van der Waals surface area contributed by atoms with Crippen LogP contribution in [-0.4, -0.2) is 12.0 Å². The predicted octanol–water partition coefficient (Wildman–Crippen LogP) is 4.28. The van der Waals surface area contributed by atoms with E-state index in [0.717, 1.165) is 22.4 Å². The maximum Gasteiger partial charge on any atom is 0.133 e. The highest BCUT2D eigenvalue weighted by Crippen LogP contribution is 2.23. The predicted molar refractivity (Wildman–Crippen MR) is 77.9 cm³/mol. The zero-order valence-corrected chi connectivity index (χ0v) is 12.5. The van der Waals surface area contributed by atoms with Gasteiger partial charge in [0.25, 0.3) is 0 Å². The molecule has 2 nitrogen and oxygen atoms in total. The molecule has 2 aromatic heterocycles. The number of rotatable bonds is 4. The molecule has 2 heterocycles. The fraction of sp³-hybridized carbons (Fsp3) is 0.250. The van der Waals surface area contributed by atoms with E-state index in [2.05, 4.69) is 42.6 Å². The molecular formula is C12H12BrClN2S. The van der Waals surface area contributed by atoms with Crippen LogP contribution in [0.4, 0.5) is 5.82 Å². The van der Waals surface area contributed by atoms with Crippen LogP contribution in [0.5, 0.6) is 0 Å². The molecule has 0 atom stereocenters. The lowest BCUT2D eigenvalue weighted by molar-refractivity contribution is 0.891. The zero-order chi connectivity index (χ0) is 12.3. The monoisotopic (exact) mass is 330 g/mol. The molecule has 0 radical (unpaired) electrons. The van der Waals surface area contributed by atoms with E-state index in [0.29, 0.717) is 5.88 Å². The van der Waals surface area contributed by atoms with E-state index in [4.69, 9.17) is 11.6 Å². The number of nitrogens with zero attached hydrogens (tertiary/aromatic N) is 2. The van der Waals surface area contributed by atoms with E-state index in [1.165, 1.54) is 5.56 Å². The first-order valence-corrected chi connectivity index (χ1v) is 7.40. The normalized spacial score (nSPS) is 10.5. The van der Waals surface area contributed by atoms with Crippen LogP contribution in [0.1, 0.15) is 11.1 Å². The van der Waals surface area contributed by atoms with Gasteiger partial charge in [-0.3, -0.25) is 0 Å². The minimum atomic E-state index is 0.468. The van der Waals surface area contributed by atoms with Gasteiger partial charge in [-0.1, -0.05) is 0 Å². The van der Waals surface area contributed by atoms with Crippen molar-refractivity contribution in [1.29, 1.82) is 0 Å². The quantitative estimate of drug-likeness (QED) is 0.777. The lowest BCUT2D eigenvalue weighted by atomic mass is 10.2. The van der Waals surface area contributed by atoms with Crippen molar-refractivity contribution in [3.05, 3.63) is 44.7 Å². The van der Waals surface area contributed by atoms with E-state index in [1.807, 2.05) is 13.1 Å². The van der Waals surface area contributed by atoms with Gasteiger partial charge >= 0.3 is 0 Å².